The Morgan fingerprint density at radius 3 is 2.56 bits per heavy atom. The van der Waals surface area contributed by atoms with Crippen LogP contribution in [-0.2, 0) is 4.79 Å². The maximum atomic E-state index is 10.7. The van der Waals surface area contributed by atoms with Crippen LogP contribution in [-0.4, -0.2) is 16.2 Å². The molecule has 1 aromatic heterocycles. The van der Waals surface area contributed by atoms with Crippen molar-refractivity contribution in [3.8, 4) is 27.7 Å². The molecule has 0 amide bonds. The molecule has 0 fully saturated rings. The van der Waals surface area contributed by atoms with Crippen LogP contribution in [0.15, 0.2) is 72.8 Å². The van der Waals surface area contributed by atoms with E-state index < -0.39 is 5.97 Å². The standard InChI is InChI=1S/C27H24O4S/c1-3-17(2)21-6-4-5-7-22(21)27-26(23-14-11-19(28)16-24(23)32-27)31-20-12-8-18(9-13-20)10-15-25(29)30/h4-17,28H,3H2,1-2H3,(H,29,30). The quantitative estimate of drug-likeness (QED) is 0.287. The smallest absolute Gasteiger partial charge is 0.328 e. The summed E-state index contributed by atoms with van der Waals surface area (Å²) in [6.07, 6.45) is 3.69. The summed E-state index contributed by atoms with van der Waals surface area (Å²) in [7, 11) is 0. The minimum Gasteiger partial charge on any atom is -0.508 e. The number of hydrogen-bond acceptors (Lipinski definition) is 4. The summed E-state index contributed by atoms with van der Waals surface area (Å²) >= 11 is 1.61. The first-order chi connectivity index (χ1) is 15.5. The molecule has 162 valence electrons. The number of fused-ring (bicyclic) bond motifs is 1. The zero-order valence-electron chi connectivity index (χ0n) is 17.9. The SMILES string of the molecule is CCC(C)c1ccccc1-c1sc2cc(O)ccc2c1Oc1ccc(C=CC(=O)O)cc1. The van der Waals surface area contributed by atoms with Crippen molar-refractivity contribution in [2.75, 3.05) is 0 Å². The highest BCUT2D eigenvalue weighted by molar-refractivity contribution is 7.22. The molecule has 0 aliphatic heterocycles. The van der Waals surface area contributed by atoms with Crippen LogP contribution >= 0.6 is 11.3 Å². The lowest BCUT2D eigenvalue weighted by Crippen LogP contribution is -1.95. The third-order valence-corrected chi connectivity index (χ3v) is 6.66. The van der Waals surface area contributed by atoms with E-state index in [0.29, 0.717) is 11.7 Å². The third kappa shape index (κ3) is 4.53. The van der Waals surface area contributed by atoms with Crippen LogP contribution in [0.3, 0.4) is 0 Å². The topological polar surface area (TPSA) is 66.8 Å². The van der Waals surface area contributed by atoms with Crippen LogP contribution in [0.5, 0.6) is 17.2 Å². The van der Waals surface area contributed by atoms with Gasteiger partial charge in [0.25, 0.3) is 0 Å². The molecular weight excluding hydrogens is 420 g/mol. The van der Waals surface area contributed by atoms with Gasteiger partial charge in [0.15, 0.2) is 5.75 Å². The van der Waals surface area contributed by atoms with E-state index in [1.165, 1.54) is 5.56 Å². The van der Waals surface area contributed by atoms with Gasteiger partial charge in [-0.3, -0.25) is 0 Å². The molecule has 0 saturated carbocycles. The summed E-state index contributed by atoms with van der Waals surface area (Å²) in [6, 6.07) is 21.0. The average Bonchev–Trinajstić information content (AvgIpc) is 3.15. The van der Waals surface area contributed by atoms with Gasteiger partial charge in [-0.15, -0.1) is 11.3 Å². The van der Waals surface area contributed by atoms with Crippen LogP contribution < -0.4 is 4.74 Å². The molecule has 0 radical (unpaired) electrons. The number of carboxylic acid groups (broad SMARTS) is 1. The molecule has 0 saturated heterocycles. The zero-order valence-corrected chi connectivity index (χ0v) is 18.7. The molecule has 0 spiro atoms. The predicted molar refractivity (Wildman–Crippen MR) is 131 cm³/mol. The molecule has 1 atom stereocenters. The largest absolute Gasteiger partial charge is 0.508 e. The number of aliphatic carboxylic acids is 1. The Morgan fingerprint density at radius 2 is 1.84 bits per heavy atom. The molecule has 1 unspecified atom stereocenters. The van der Waals surface area contributed by atoms with Gasteiger partial charge in [-0.2, -0.15) is 0 Å². The lowest BCUT2D eigenvalue weighted by atomic mass is 9.92. The molecule has 0 aliphatic rings. The van der Waals surface area contributed by atoms with E-state index in [1.54, 1.807) is 29.5 Å². The molecule has 4 nitrogen and oxygen atoms in total. The lowest BCUT2D eigenvalue weighted by molar-refractivity contribution is -0.131. The number of carbonyl (C=O) groups is 1. The van der Waals surface area contributed by atoms with Crippen LogP contribution in [0.2, 0.25) is 0 Å². The van der Waals surface area contributed by atoms with Crippen LogP contribution in [0.4, 0.5) is 0 Å². The van der Waals surface area contributed by atoms with Gasteiger partial charge >= 0.3 is 5.97 Å². The second-order valence-electron chi connectivity index (χ2n) is 7.68. The maximum Gasteiger partial charge on any atom is 0.328 e. The second-order valence-corrected chi connectivity index (χ2v) is 8.73. The number of aromatic hydroxyl groups is 1. The summed E-state index contributed by atoms with van der Waals surface area (Å²) < 4.78 is 7.35. The summed E-state index contributed by atoms with van der Waals surface area (Å²) in [4.78, 5) is 11.8. The van der Waals surface area contributed by atoms with Crippen molar-refractivity contribution < 1.29 is 19.7 Å². The molecule has 4 aromatic rings. The molecular formula is C27H24O4S. The van der Waals surface area contributed by atoms with Gasteiger partial charge < -0.3 is 14.9 Å². The number of hydrogen-bond donors (Lipinski definition) is 2. The predicted octanol–water partition coefficient (Wildman–Crippen LogP) is 7.68. The van der Waals surface area contributed by atoms with E-state index in [1.807, 2.05) is 36.4 Å². The van der Waals surface area contributed by atoms with Crippen molar-refractivity contribution >= 4 is 33.5 Å². The molecule has 2 N–H and O–H groups in total. The fourth-order valence-corrected chi connectivity index (χ4v) is 4.84. The lowest BCUT2D eigenvalue weighted by Gasteiger charge is -2.15. The Hall–Kier alpha value is -3.57. The fourth-order valence-electron chi connectivity index (χ4n) is 3.63. The number of carboxylic acids is 1. The normalized spacial score (nSPS) is 12.3. The summed E-state index contributed by atoms with van der Waals surface area (Å²) in [5.41, 5.74) is 3.19. The van der Waals surface area contributed by atoms with Gasteiger partial charge in [0.05, 0.1) is 4.88 Å². The van der Waals surface area contributed by atoms with Crippen molar-refractivity contribution in [1.29, 1.82) is 0 Å². The van der Waals surface area contributed by atoms with Crippen molar-refractivity contribution in [3.63, 3.8) is 0 Å². The molecule has 32 heavy (non-hydrogen) atoms. The van der Waals surface area contributed by atoms with Crippen molar-refractivity contribution in [2.45, 2.75) is 26.2 Å². The zero-order chi connectivity index (χ0) is 22.7. The first-order valence-corrected chi connectivity index (χ1v) is 11.3. The van der Waals surface area contributed by atoms with Crippen LogP contribution in [0.1, 0.15) is 37.3 Å². The van der Waals surface area contributed by atoms with E-state index >= 15 is 0 Å². The number of ether oxygens (including phenoxy) is 1. The van der Waals surface area contributed by atoms with E-state index in [9.17, 15) is 9.90 Å². The second kappa shape index (κ2) is 9.28. The van der Waals surface area contributed by atoms with Gasteiger partial charge in [0.2, 0.25) is 0 Å². The van der Waals surface area contributed by atoms with Crippen LogP contribution in [0.25, 0.3) is 26.6 Å². The van der Waals surface area contributed by atoms with E-state index in [2.05, 4.69) is 32.0 Å². The van der Waals surface area contributed by atoms with Crippen molar-refractivity contribution in [3.05, 3.63) is 83.9 Å². The number of thiophene rings is 1. The maximum absolute atomic E-state index is 10.7. The van der Waals surface area contributed by atoms with E-state index in [4.69, 9.17) is 9.84 Å². The Balaban J connectivity index is 1.80. The van der Waals surface area contributed by atoms with Crippen molar-refractivity contribution in [2.24, 2.45) is 0 Å². The number of benzene rings is 3. The van der Waals surface area contributed by atoms with E-state index in [-0.39, 0.29) is 5.75 Å². The monoisotopic (exact) mass is 444 g/mol. The van der Waals surface area contributed by atoms with Gasteiger partial charge in [-0.25, -0.2) is 4.79 Å². The Morgan fingerprint density at radius 1 is 1.09 bits per heavy atom. The number of rotatable bonds is 7. The summed E-state index contributed by atoms with van der Waals surface area (Å²) in [6.45, 7) is 4.41. The first-order valence-electron chi connectivity index (χ1n) is 10.5. The molecule has 4 rings (SSSR count). The highest BCUT2D eigenvalue weighted by Gasteiger charge is 2.20. The third-order valence-electron chi connectivity index (χ3n) is 5.50. The average molecular weight is 445 g/mol. The highest BCUT2D eigenvalue weighted by atomic mass is 32.1. The highest BCUT2D eigenvalue weighted by Crippen LogP contribution is 2.49. The molecule has 0 bridgehead atoms. The molecule has 3 aromatic carbocycles. The summed E-state index contributed by atoms with van der Waals surface area (Å²) in [5, 5.41) is 19.8. The van der Waals surface area contributed by atoms with Gasteiger partial charge in [0.1, 0.15) is 11.5 Å². The van der Waals surface area contributed by atoms with E-state index in [0.717, 1.165) is 44.3 Å². The van der Waals surface area contributed by atoms with Gasteiger partial charge in [-0.05, 0) is 65.4 Å². The minimum absolute atomic E-state index is 0.224. The molecule has 1 heterocycles. The molecule has 0 aliphatic carbocycles. The Bertz CT molecular complexity index is 1290. The Labute approximate surface area is 191 Å². The van der Waals surface area contributed by atoms with Crippen molar-refractivity contribution in [1.82, 2.24) is 0 Å². The van der Waals surface area contributed by atoms with Gasteiger partial charge in [0, 0.05) is 16.2 Å². The minimum atomic E-state index is -0.983. The Kier molecular flexibility index (Phi) is 6.28. The summed E-state index contributed by atoms with van der Waals surface area (Å²) in [5.74, 6) is 1.06. The fraction of sp³-hybridized carbons (Fsp3) is 0.148. The van der Waals surface area contributed by atoms with Crippen LogP contribution in [0, 0.1) is 0 Å². The number of phenolic OH excluding ortho intramolecular Hbond substituents is 1. The molecule has 5 heteroatoms. The van der Waals surface area contributed by atoms with Gasteiger partial charge in [-0.1, -0.05) is 50.2 Å². The number of phenols is 1. The first kappa shape index (κ1) is 21.7.